The zero-order chi connectivity index (χ0) is 32.1. The van der Waals surface area contributed by atoms with E-state index >= 15 is 0 Å². The molecule has 6 heteroatoms. The summed E-state index contributed by atoms with van der Waals surface area (Å²) in [5.74, 6) is 0.819. The van der Waals surface area contributed by atoms with Gasteiger partial charge in [-0.1, -0.05) is 79.7 Å². The van der Waals surface area contributed by atoms with Crippen molar-refractivity contribution in [3.63, 3.8) is 0 Å². The van der Waals surface area contributed by atoms with Crippen molar-refractivity contribution in [3.8, 4) is 16.9 Å². The van der Waals surface area contributed by atoms with Gasteiger partial charge in [0.2, 0.25) is 0 Å². The number of ether oxygens (including phenoxy) is 2. The van der Waals surface area contributed by atoms with Gasteiger partial charge < -0.3 is 9.47 Å². The number of rotatable bonds is 16. The van der Waals surface area contributed by atoms with Crippen molar-refractivity contribution in [1.29, 1.82) is 0 Å². The summed E-state index contributed by atoms with van der Waals surface area (Å²) >= 11 is 0. The van der Waals surface area contributed by atoms with Crippen molar-refractivity contribution in [2.75, 3.05) is 13.1 Å². The molecule has 4 aromatic rings. The van der Waals surface area contributed by atoms with E-state index in [-0.39, 0.29) is 11.8 Å². The molecule has 0 aliphatic heterocycles. The van der Waals surface area contributed by atoms with Crippen molar-refractivity contribution in [2.45, 2.75) is 78.6 Å². The third-order valence-corrected chi connectivity index (χ3v) is 7.50. The van der Waals surface area contributed by atoms with Gasteiger partial charge in [-0.3, -0.25) is 19.5 Å². The summed E-state index contributed by atoms with van der Waals surface area (Å²) in [6, 6.07) is 30.9. The summed E-state index contributed by atoms with van der Waals surface area (Å²) < 4.78 is 11.8. The van der Waals surface area contributed by atoms with Gasteiger partial charge in [0, 0.05) is 37.7 Å². The predicted octanol–water partition coefficient (Wildman–Crippen LogP) is 8.48. The Morgan fingerprint density at radius 2 is 1.51 bits per heavy atom. The molecule has 0 spiro atoms. The highest BCUT2D eigenvalue weighted by atomic mass is 16.6. The number of para-hydroxylation sites is 1. The minimum absolute atomic E-state index is 0.0943. The van der Waals surface area contributed by atoms with Crippen LogP contribution in [0.25, 0.3) is 11.1 Å². The minimum atomic E-state index is -0.471. The number of carbonyl (C=O) groups excluding carboxylic acids is 2. The van der Waals surface area contributed by atoms with Gasteiger partial charge in [0.25, 0.3) is 0 Å². The van der Waals surface area contributed by atoms with Crippen LogP contribution in [0.2, 0.25) is 0 Å². The fourth-order valence-corrected chi connectivity index (χ4v) is 5.10. The maximum Gasteiger partial charge on any atom is 0.306 e. The number of hydrogen-bond donors (Lipinski definition) is 0. The first kappa shape index (κ1) is 33.6. The average molecular weight is 607 g/mol. The standard InChI is InChI=1S/C39H46N2O4/c1-5-36(42)34-22-23-35(40-27-34)28-41(25-12-11-17-38(43)45-39(2,3)4)26-24-33-15-9-10-16-37(33)44-29-30-18-20-32(21-19-30)31-13-7-6-8-14-31/h6-10,13-16,18-23,27H,5,11-12,17,24-26,28-29H2,1-4H3. The molecule has 45 heavy (non-hydrogen) atoms. The lowest BCUT2D eigenvalue weighted by Gasteiger charge is -2.23. The van der Waals surface area contributed by atoms with Crippen molar-refractivity contribution < 1.29 is 19.1 Å². The lowest BCUT2D eigenvalue weighted by Crippen LogP contribution is -2.28. The number of Topliss-reactive ketones (excluding diaryl/α,β-unsaturated/α-hetero) is 1. The van der Waals surface area contributed by atoms with Gasteiger partial charge in [-0.25, -0.2) is 0 Å². The quantitative estimate of drug-likeness (QED) is 0.0724. The Balaban J connectivity index is 1.37. The molecule has 0 unspecified atom stereocenters. The summed E-state index contributed by atoms with van der Waals surface area (Å²) in [5, 5.41) is 0. The average Bonchev–Trinajstić information content (AvgIpc) is 3.04. The number of aromatic nitrogens is 1. The van der Waals surface area contributed by atoms with Crippen molar-refractivity contribution in [1.82, 2.24) is 9.88 Å². The van der Waals surface area contributed by atoms with Crippen LogP contribution in [0.4, 0.5) is 0 Å². The van der Waals surface area contributed by atoms with Gasteiger partial charge in [-0.05, 0) is 87.0 Å². The molecule has 1 aromatic heterocycles. The second kappa shape index (κ2) is 16.7. The summed E-state index contributed by atoms with van der Waals surface area (Å²) in [5.41, 5.74) is 5.74. The molecular formula is C39H46N2O4. The Morgan fingerprint density at radius 3 is 2.20 bits per heavy atom. The number of ketones is 1. The highest BCUT2D eigenvalue weighted by molar-refractivity contribution is 5.95. The van der Waals surface area contributed by atoms with Gasteiger partial charge in [-0.15, -0.1) is 0 Å². The molecule has 4 rings (SSSR count). The largest absolute Gasteiger partial charge is 0.489 e. The Morgan fingerprint density at radius 1 is 0.800 bits per heavy atom. The van der Waals surface area contributed by atoms with Crippen LogP contribution in [0, 0.1) is 0 Å². The van der Waals surface area contributed by atoms with Crippen LogP contribution < -0.4 is 4.74 Å². The van der Waals surface area contributed by atoms with E-state index in [9.17, 15) is 9.59 Å². The van der Waals surface area contributed by atoms with Gasteiger partial charge in [0.1, 0.15) is 18.0 Å². The normalized spacial score (nSPS) is 11.4. The zero-order valence-corrected chi connectivity index (χ0v) is 27.1. The van der Waals surface area contributed by atoms with Crippen LogP contribution in [0.1, 0.15) is 80.6 Å². The molecule has 0 saturated carbocycles. The smallest absolute Gasteiger partial charge is 0.306 e. The first-order valence-electron chi connectivity index (χ1n) is 16.0. The van der Waals surface area contributed by atoms with Crippen LogP contribution in [-0.2, 0) is 29.1 Å². The molecule has 0 bridgehead atoms. The topological polar surface area (TPSA) is 68.7 Å². The fourth-order valence-electron chi connectivity index (χ4n) is 5.10. The van der Waals surface area contributed by atoms with E-state index in [4.69, 9.17) is 9.47 Å². The monoisotopic (exact) mass is 606 g/mol. The summed E-state index contributed by atoms with van der Waals surface area (Å²) in [6.45, 7) is 10.3. The number of carbonyl (C=O) groups is 2. The Hall–Kier alpha value is -4.29. The lowest BCUT2D eigenvalue weighted by molar-refractivity contribution is -0.154. The second-order valence-electron chi connectivity index (χ2n) is 12.3. The van der Waals surface area contributed by atoms with Crippen LogP contribution >= 0.6 is 0 Å². The van der Waals surface area contributed by atoms with Crippen LogP contribution in [0.15, 0.2) is 97.2 Å². The molecule has 0 aliphatic carbocycles. The third-order valence-electron chi connectivity index (χ3n) is 7.50. The Labute approximate surface area is 268 Å². The van der Waals surface area contributed by atoms with Crippen LogP contribution in [0.3, 0.4) is 0 Å². The number of pyridine rings is 1. The first-order chi connectivity index (χ1) is 21.7. The van der Waals surface area contributed by atoms with Crippen molar-refractivity contribution in [3.05, 3.63) is 120 Å². The van der Waals surface area contributed by atoms with E-state index in [1.807, 2.05) is 64.1 Å². The third kappa shape index (κ3) is 11.3. The second-order valence-corrected chi connectivity index (χ2v) is 12.3. The highest BCUT2D eigenvalue weighted by Crippen LogP contribution is 2.23. The number of unbranched alkanes of at least 4 members (excludes halogenated alkanes) is 1. The van der Waals surface area contributed by atoms with E-state index in [2.05, 4.69) is 64.5 Å². The SMILES string of the molecule is CCC(=O)c1ccc(CN(CCCCC(=O)OC(C)(C)C)CCc2ccccc2OCc2ccc(-c3ccccc3)cc2)nc1. The van der Waals surface area contributed by atoms with Crippen molar-refractivity contribution in [2.24, 2.45) is 0 Å². The van der Waals surface area contributed by atoms with E-state index in [0.717, 1.165) is 54.9 Å². The molecule has 0 atom stereocenters. The molecular weight excluding hydrogens is 560 g/mol. The van der Waals surface area contributed by atoms with E-state index in [0.29, 0.717) is 31.6 Å². The molecule has 0 N–H and O–H groups in total. The predicted molar refractivity (Wildman–Crippen MR) is 180 cm³/mol. The van der Waals surface area contributed by atoms with E-state index in [1.165, 1.54) is 11.1 Å². The molecule has 3 aromatic carbocycles. The van der Waals surface area contributed by atoms with Crippen LogP contribution in [-0.4, -0.2) is 40.3 Å². The number of esters is 1. The molecule has 6 nitrogen and oxygen atoms in total. The molecule has 1 heterocycles. The van der Waals surface area contributed by atoms with Crippen molar-refractivity contribution >= 4 is 11.8 Å². The van der Waals surface area contributed by atoms with Gasteiger partial charge in [0.15, 0.2) is 5.78 Å². The molecule has 0 radical (unpaired) electrons. The molecule has 236 valence electrons. The number of nitrogens with zero attached hydrogens (tertiary/aromatic N) is 2. The molecule has 0 fully saturated rings. The minimum Gasteiger partial charge on any atom is -0.489 e. The van der Waals surface area contributed by atoms with Crippen LogP contribution in [0.5, 0.6) is 5.75 Å². The maximum absolute atomic E-state index is 12.2. The molecule has 0 amide bonds. The van der Waals surface area contributed by atoms with Gasteiger partial charge in [-0.2, -0.15) is 0 Å². The van der Waals surface area contributed by atoms with Gasteiger partial charge >= 0.3 is 5.97 Å². The Bertz CT molecular complexity index is 1490. The lowest BCUT2D eigenvalue weighted by atomic mass is 10.0. The fraction of sp³-hybridized carbons (Fsp3) is 0.359. The summed E-state index contributed by atoms with van der Waals surface area (Å²) in [4.78, 5) is 31.2. The summed E-state index contributed by atoms with van der Waals surface area (Å²) in [6.07, 6.45) is 4.97. The first-order valence-corrected chi connectivity index (χ1v) is 16.0. The highest BCUT2D eigenvalue weighted by Gasteiger charge is 2.16. The van der Waals surface area contributed by atoms with Gasteiger partial charge in [0.05, 0.1) is 5.69 Å². The maximum atomic E-state index is 12.2. The Kier molecular flexibility index (Phi) is 12.5. The number of hydrogen-bond acceptors (Lipinski definition) is 6. The van der Waals surface area contributed by atoms with E-state index in [1.54, 1.807) is 6.20 Å². The van der Waals surface area contributed by atoms with E-state index < -0.39 is 5.60 Å². The molecule has 0 aliphatic rings. The molecule has 0 saturated heterocycles. The summed E-state index contributed by atoms with van der Waals surface area (Å²) in [7, 11) is 0. The zero-order valence-electron chi connectivity index (χ0n) is 27.1. The number of benzene rings is 3.